The van der Waals surface area contributed by atoms with Crippen molar-refractivity contribution in [2.24, 2.45) is 0 Å². The first-order chi connectivity index (χ1) is 11.7. The molecule has 0 unspecified atom stereocenters. The number of aromatic amines is 2. The van der Waals surface area contributed by atoms with Crippen LogP contribution in [0.1, 0.15) is 21.7 Å². The van der Waals surface area contributed by atoms with E-state index in [1.54, 1.807) is 10.8 Å². The molecule has 0 bridgehead atoms. The van der Waals surface area contributed by atoms with Gasteiger partial charge in [-0.2, -0.15) is 5.10 Å². The quantitative estimate of drug-likeness (QED) is 0.442. The van der Waals surface area contributed by atoms with Crippen LogP contribution in [0.5, 0.6) is 0 Å². The number of fused-ring (bicyclic) bond motifs is 1. The lowest BCUT2D eigenvalue weighted by Gasteiger charge is -2.06. The predicted molar refractivity (Wildman–Crippen MR) is 94.7 cm³/mol. The number of para-hydroxylation sites is 1. The maximum Gasteiger partial charge on any atom is 0.232 e. The third-order valence-corrected chi connectivity index (χ3v) is 4.29. The van der Waals surface area contributed by atoms with Crippen molar-refractivity contribution in [1.82, 2.24) is 19.7 Å². The van der Waals surface area contributed by atoms with E-state index in [4.69, 9.17) is 12.2 Å². The van der Waals surface area contributed by atoms with E-state index < -0.39 is 0 Å². The Kier molecular flexibility index (Phi) is 3.59. The molecule has 24 heavy (non-hydrogen) atoms. The van der Waals surface area contributed by atoms with Gasteiger partial charge < -0.3 is 4.98 Å². The third kappa shape index (κ3) is 2.47. The Balaban J connectivity index is 1.77. The second-order valence-corrected chi connectivity index (χ2v) is 5.89. The second-order valence-electron chi connectivity index (χ2n) is 5.50. The molecule has 0 amide bonds. The van der Waals surface area contributed by atoms with Crippen LogP contribution in [-0.4, -0.2) is 25.5 Å². The molecule has 2 N–H and O–H groups in total. The number of nitrogens with one attached hydrogen (secondary N) is 2. The van der Waals surface area contributed by atoms with Gasteiger partial charge in [-0.25, -0.2) is 0 Å². The molecule has 0 aliphatic carbocycles. The van der Waals surface area contributed by atoms with Gasteiger partial charge in [0.1, 0.15) is 0 Å². The van der Waals surface area contributed by atoms with Gasteiger partial charge in [0.25, 0.3) is 0 Å². The summed E-state index contributed by atoms with van der Waals surface area (Å²) in [6.07, 6.45) is 1.72. The fraction of sp³-hybridized carbons (Fsp3) is 0.0556. The summed E-state index contributed by atoms with van der Waals surface area (Å²) in [4.78, 5) is 16.1. The first-order valence-corrected chi connectivity index (χ1v) is 7.95. The fourth-order valence-electron chi connectivity index (χ4n) is 2.78. The number of H-pyrrole nitrogens is 2. The molecule has 6 heteroatoms. The summed E-state index contributed by atoms with van der Waals surface area (Å²) in [5.41, 5.74) is 2.57. The third-order valence-electron chi connectivity index (χ3n) is 3.98. The molecule has 0 spiro atoms. The van der Waals surface area contributed by atoms with Crippen LogP contribution >= 0.6 is 12.2 Å². The van der Waals surface area contributed by atoms with E-state index in [1.165, 1.54) is 0 Å². The molecule has 0 atom stereocenters. The standard InChI is InChI=1S/C18H14N4OS/c23-16(14-10-19-15-9-5-4-8-13(14)15)17-20-21-18(24)22(17)11-12-6-2-1-3-7-12/h1-10,19H,11H2,(H,21,24). The topological polar surface area (TPSA) is 66.5 Å². The molecule has 4 aromatic rings. The number of benzene rings is 2. The zero-order valence-electron chi connectivity index (χ0n) is 12.7. The minimum absolute atomic E-state index is 0.157. The molecule has 2 aromatic carbocycles. The number of nitrogens with zero attached hydrogens (tertiary/aromatic N) is 2. The average molecular weight is 334 g/mol. The summed E-state index contributed by atoms with van der Waals surface area (Å²) in [6.45, 7) is 0.500. The molecule has 0 saturated carbocycles. The Bertz CT molecular complexity index is 1080. The number of rotatable bonds is 4. The van der Waals surface area contributed by atoms with Crippen molar-refractivity contribution in [1.29, 1.82) is 0 Å². The molecule has 4 rings (SSSR count). The van der Waals surface area contributed by atoms with Crippen molar-refractivity contribution in [2.45, 2.75) is 6.54 Å². The van der Waals surface area contributed by atoms with Gasteiger partial charge in [-0.3, -0.25) is 14.5 Å². The summed E-state index contributed by atoms with van der Waals surface area (Å²) >= 11 is 5.30. The van der Waals surface area contributed by atoms with Crippen LogP contribution in [0.25, 0.3) is 10.9 Å². The van der Waals surface area contributed by atoms with Crippen molar-refractivity contribution < 1.29 is 4.79 Å². The number of hydrogen-bond acceptors (Lipinski definition) is 3. The normalized spacial score (nSPS) is 11.0. The maximum absolute atomic E-state index is 13.0. The van der Waals surface area contributed by atoms with Gasteiger partial charge in [0.2, 0.25) is 11.6 Å². The number of aromatic nitrogens is 4. The Hall–Kier alpha value is -2.99. The first kappa shape index (κ1) is 14.6. The number of carbonyl (C=O) groups is 1. The first-order valence-electron chi connectivity index (χ1n) is 7.54. The molecule has 0 aliphatic rings. The van der Waals surface area contributed by atoms with Gasteiger partial charge in [0.15, 0.2) is 4.77 Å². The molecule has 0 fully saturated rings. The van der Waals surface area contributed by atoms with Gasteiger partial charge in [-0.1, -0.05) is 48.5 Å². The largest absolute Gasteiger partial charge is 0.360 e. The zero-order valence-corrected chi connectivity index (χ0v) is 13.5. The molecule has 5 nitrogen and oxygen atoms in total. The number of ketones is 1. The van der Waals surface area contributed by atoms with E-state index in [-0.39, 0.29) is 5.78 Å². The molecular weight excluding hydrogens is 320 g/mol. The maximum atomic E-state index is 13.0. The summed E-state index contributed by atoms with van der Waals surface area (Å²) < 4.78 is 2.16. The van der Waals surface area contributed by atoms with Gasteiger partial charge in [-0.15, -0.1) is 0 Å². The van der Waals surface area contributed by atoms with Crippen LogP contribution in [-0.2, 0) is 6.54 Å². The van der Waals surface area contributed by atoms with Crippen molar-refractivity contribution in [3.63, 3.8) is 0 Å². The molecule has 0 aliphatic heterocycles. The lowest BCUT2D eigenvalue weighted by molar-refractivity contribution is 0.102. The van der Waals surface area contributed by atoms with Crippen molar-refractivity contribution >= 4 is 28.9 Å². The van der Waals surface area contributed by atoms with Crippen LogP contribution in [0.4, 0.5) is 0 Å². The van der Waals surface area contributed by atoms with Crippen molar-refractivity contribution in [3.8, 4) is 0 Å². The van der Waals surface area contributed by atoms with E-state index >= 15 is 0 Å². The minimum Gasteiger partial charge on any atom is -0.360 e. The molecular formula is C18H14N4OS. The van der Waals surface area contributed by atoms with Gasteiger partial charge in [-0.05, 0) is 23.8 Å². The average Bonchev–Trinajstić information content (AvgIpc) is 3.20. The van der Waals surface area contributed by atoms with Gasteiger partial charge in [0.05, 0.1) is 12.1 Å². The lowest BCUT2D eigenvalue weighted by Crippen LogP contribution is -2.12. The Morgan fingerprint density at radius 1 is 1.08 bits per heavy atom. The molecule has 118 valence electrons. The monoisotopic (exact) mass is 334 g/mol. The zero-order chi connectivity index (χ0) is 16.5. The van der Waals surface area contributed by atoms with E-state index in [1.807, 2.05) is 54.6 Å². The van der Waals surface area contributed by atoms with E-state index in [2.05, 4.69) is 15.2 Å². The summed E-state index contributed by atoms with van der Waals surface area (Å²) in [7, 11) is 0. The number of hydrogen-bond donors (Lipinski definition) is 2. The summed E-state index contributed by atoms with van der Waals surface area (Å²) in [5.74, 6) is 0.157. The van der Waals surface area contributed by atoms with Crippen LogP contribution in [0.15, 0.2) is 60.8 Å². The highest BCUT2D eigenvalue weighted by atomic mass is 32.1. The van der Waals surface area contributed by atoms with Crippen LogP contribution in [0.3, 0.4) is 0 Å². The highest BCUT2D eigenvalue weighted by Gasteiger charge is 2.20. The second kappa shape index (κ2) is 5.90. The molecule has 2 aromatic heterocycles. The van der Waals surface area contributed by atoms with Crippen molar-refractivity contribution in [3.05, 3.63) is 82.5 Å². The fourth-order valence-corrected chi connectivity index (χ4v) is 2.98. The highest BCUT2D eigenvalue weighted by Crippen LogP contribution is 2.20. The predicted octanol–water partition coefficient (Wildman–Crippen LogP) is 3.70. The van der Waals surface area contributed by atoms with Crippen LogP contribution < -0.4 is 0 Å². The van der Waals surface area contributed by atoms with E-state index in [0.717, 1.165) is 16.5 Å². The van der Waals surface area contributed by atoms with Gasteiger partial charge >= 0.3 is 0 Å². The van der Waals surface area contributed by atoms with E-state index in [9.17, 15) is 4.79 Å². The SMILES string of the molecule is O=C(c1c[nH]c2ccccc12)c1n[nH]c(=S)n1Cc1ccccc1. The number of carbonyl (C=O) groups excluding carboxylic acids is 1. The lowest BCUT2D eigenvalue weighted by atomic mass is 10.1. The molecule has 0 radical (unpaired) electrons. The smallest absolute Gasteiger partial charge is 0.232 e. The minimum atomic E-state index is -0.157. The van der Waals surface area contributed by atoms with Crippen LogP contribution in [0, 0.1) is 4.77 Å². The van der Waals surface area contributed by atoms with Crippen molar-refractivity contribution in [2.75, 3.05) is 0 Å². The Morgan fingerprint density at radius 3 is 2.67 bits per heavy atom. The molecule has 2 heterocycles. The van der Waals surface area contributed by atoms with E-state index in [0.29, 0.717) is 22.7 Å². The Morgan fingerprint density at radius 2 is 1.83 bits per heavy atom. The summed E-state index contributed by atoms with van der Waals surface area (Å²) in [6, 6.07) is 17.6. The van der Waals surface area contributed by atoms with Crippen LogP contribution in [0.2, 0.25) is 0 Å². The Labute approximate surface area is 143 Å². The molecule has 0 saturated heterocycles. The highest BCUT2D eigenvalue weighted by molar-refractivity contribution is 7.71. The summed E-state index contributed by atoms with van der Waals surface area (Å²) in [5, 5.41) is 7.77. The van der Waals surface area contributed by atoms with Gasteiger partial charge in [0, 0.05) is 17.1 Å².